The topological polar surface area (TPSA) is 128 Å². The van der Waals surface area contributed by atoms with E-state index in [1.165, 1.54) is 11.4 Å². The van der Waals surface area contributed by atoms with Gasteiger partial charge in [0, 0.05) is 36.8 Å². The molecule has 3 amide bonds. The highest BCUT2D eigenvalue weighted by molar-refractivity contribution is 7.89. The first-order valence-electron chi connectivity index (χ1n) is 13.1. The van der Waals surface area contributed by atoms with E-state index >= 15 is 0 Å². The SMILES string of the molecule is Cc1ccc(S(=O)(=O)N(C)C[C@@H]2Oc3ccc(NC(=O)NC(C)C)cc3CC(=O)N([C@H](C)CO)C[C@H]2C)cc1. The van der Waals surface area contributed by atoms with Gasteiger partial charge in [-0.3, -0.25) is 4.79 Å². The van der Waals surface area contributed by atoms with E-state index in [1.54, 1.807) is 54.3 Å². The number of hydrogen-bond acceptors (Lipinski definition) is 6. The summed E-state index contributed by atoms with van der Waals surface area (Å²) >= 11 is 0. The zero-order valence-electron chi connectivity index (χ0n) is 23.5. The fourth-order valence-corrected chi connectivity index (χ4v) is 5.58. The van der Waals surface area contributed by atoms with Gasteiger partial charge in [0.15, 0.2) is 0 Å². The lowest BCUT2D eigenvalue weighted by Gasteiger charge is -2.33. The molecule has 0 saturated heterocycles. The van der Waals surface area contributed by atoms with E-state index < -0.39 is 22.2 Å². The second-order valence-electron chi connectivity index (χ2n) is 10.6. The second-order valence-corrected chi connectivity index (χ2v) is 12.6. The van der Waals surface area contributed by atoms with Crippen LogP contribution in [0.25, 0.3) is 0 Å². The molecule has 39 heavy (non-hydrogen) atoms. The normalized spacial score (nSPS) is 19.0. The summed E-state index contributed by atoms with van der Waals surface area (Å²) < 4.78 is 34.3. The lowest BCUT2D eigenvalue weighted by atomic mass is 10.0. The minimum absolute atomic E-state index is 0.00205. The van der Waals surface area contributed by atoms with Crippen LogP contribution in [0.3, 0.4) is 0 Å². The van der Waals surface area contributed by atoms with Crippen LogP contribution in [0.1, 0.15) is 38.8 Å². The van der Waals surface area contributed by atoms with Crippen molar-refractivity contribution in [2.24, 2.45) is 5.92 Å². The molecule has 0 bridgehead atoms. The van der Waals surface area contributed by atoms with E-state index in [-0.39, 0.29) is 54.9 Å². The molecule has 0 spiro atoms. The molecular formula is C28H40N4O6S. The zero-order valence-corrected chi connectivity index (χ0v) is 24.3. The minimum Gasteiger partial charge on any atom is -0.488 e. The standard InChI is InChI=1S/C28H40N4O6S/c1-18(2)29-28(35)30-23-9-12-25-22(13-23)14-27(34)32(21(5)17-33)15-20(4)26(38-25)16-31(6)39(36,37)24-10-7-19(3)8-11-24/h7-13,18,20-21,26,33H,14-17H2,1-6H3,(H2,29,30,35)/t20-,21-,26+/m1/s1. The Morgan fingerprint density at radius 3 is 2.46 bits per heavy atom. The third-order valence-corrected chi connectivity index (χ3v) is 8.60. The number of ether oxygens (including phenoxy) is 1. The van der Waals surface area contributed by atoms with Gasteiger partial charge in [0.25, 0.3) is 0 Å². The van der Waals surface area contributed by atoms with E-state index in [1.807, 2.05) is 27.7 Å². The van der Waals surface area contributed by atoms with Crippen molar-refractivity contribution < 1.29 is 27.9 Å². The largest absolute Gasteiger partial charge is 0.488 e. The van der Waals surface area contributed by atoms with Crippen molar-refractivity contribution in [2.45, 2.75) is 64.1 Å². The first kappa shape index (κ1) is 30.4. The number of nitrogens with one attached hydrogen (secondary N) is 2. The molecule has 214 valence electrons. The van der Waals surface area contributed by atoms with E-state index in [9.17, 15) is 23.1 Å². The average Bonchev–Trinajstić information content (AvgIpc) is 2.91. The number of aliphatic hydroxyl groups excluding tert-OH is 1. The molecule has 1 aliphatic heterocycles. The summed E-state index contributed by atoms with van der Waals surface area (Å²) in [6.07, 6.45) is -0.603. The van der Waals surface area contributed by atoms with Crippen molar-refractivity contribution >= 4 is 27.6 Å². The van der Waals surface area contributed by atoms with Crippen LogP contribution in [0, 0.1) is 12.8 Å². The van der Waals surface area contributed by atoms with Gasteiger partial charge < -0.3 is 25.4 Å². The minimum atomic E-state index is -3.78. The van der Waals surface area contributed by atoms with Gasteiger partial charge in [-0.25, -0.2) is 13.2 Å². The van der Waals surface area contributed by atoms with Gasteiger partial charge in [0.1, 0.15) is 11.9 Å². The van der Waals surface area contributed by atoms with Crippen LogP contribution in [0.15, 0.2) is 47.4 Å². The highest BCUT2D eigenvalue weighted by Gasteiger charge is 2.33. The molecule has 0 aromatic heterocycles. The quantitative estimate of drug-likeness (QED) is 0.455. The Bertz CT molecular complexity index is 1270. The molecule has 0 aliphatic carbocycles. The summed E-state index contributed by atoms with van der Waals surface area (Å²) in [5, 5.41) is 15.4. The number of rotatable bonds is 8. The number of urea groups is 1. The first-order valence-corrected chi connectivity index (χ1v) is 14.6. The molecule has 1 heterocycles. The number of hydrogen-bond donors (Lipinski definition) is 3. The van der Waals surface area contributed by atoms with E-state index in [0.29, 0.717) is 17.0 Å². The molecule has 3 N–H and O–H groups in total. The van der Waals surface area contributed by atoms with E-state index in [4.69, 9.17) is 4.74 Å². The maximum atomic E-state index is 13.4. The van der Waals surface area contributed by atoms with Crippen LogP contribution in [0.2, 0.25) is 0 Å². The van der Waals surface area contributed by atoms with Crippen LogP contribution in [-0.2, 0) is 21.2 Å². The highest BCUT2D eigenvalue weighted by Crippen LogP contribution is 2.30. The molecule has 0 fully saturated rings. The molecule has 10 nitrogen and oxygen atoms in total. The van der Waals surface area contributed by atoms with Gasteiger partial charge in [0.2, 0.25) is 15.9 Å². The summed E-state index contributed by atoms with van der Waals surface area (Å²) in [5.41, 5.74) is 2.01. The number of carbonyl (C=O) groups is 2. The number of sulfonamides is 1. The maximum Gasteiger partial charge on any atom is 0.319 e. The van der Waals surface area contributed by atoms with Gasteiger partial charge in [-0.2, -0.15) is 4.31 Å². The zero-order chi connectivity index (χ0) is 28.9. The molecule has 3 rings (SSSR count). The monoisotopic (exact) mass is 560 g/mol. The summed E-state index contributed by atoms with van der Waals surface area (Å²) in [4.78, 5) is 27.4. The van der Waals surface area contributed by atoms with Crippen LogP contribution < -0.4 is 15.4 Å². The Morgan fingerprint density at radius 2 is 1.85 bits per heavy atom. The van der Waals surface area contributed by atoms with E-state index in [2.05, 4.69) is 10.6 Å². The van der Waals surface area contributed by atoms with Gasteiger partial charge in [-0.1, -0.05) is 24.6 Å². The summed E-state index contributed by atoms with van der Waals surface area (Å²) in [5.74, 6) is -0.0212. The Hall–Kier alpha value is -3.15. The van der Waals surface area contributed by atoms with E-state index in [0.717, 1.165) is 5.56 Å². The van der Waals surface area contributed by atoms with Crippen LogP contribution in [-0.4, -0.2) is 79.6 Å². The number of aryl methyl sites for hydroxylation is 1. The van der Waals surface area contributed by atoms with Crippen LogP contribution >= 0.6 is 0 Å². The van der Waals surface area contributed by atoms with Gasteiger partial charge in [0.05, 0.1) is 30.5 Å². The van der Waals surface area contributed by atoms with Crippen LogP contribution in [0.5, 0.6) is 5.75 Å². The summed E-state index contributed by atoms with van der Waals surface area (Å²) in [6.45, 7) is 9.37. The molecule has 0 saturated carbocycles. The number of benzene rings is 2. The Kier molecular flexibility index (Phi) is 9.98. The third-order valence-electron chi connectivity index (χ3n) is 6.76. The molecule has 3 atom stereocenters. The molecule has 2 aromatic carbocycles. The van der Waals surface area contributed by atoms with Crippen molar-refractivity contribution in [1.29, 1.82) is 0 Å². The van der Waals surface area contributed by atoms with Crippen molar-refractivity contribution in [3.05, 3.63) is 53.6 Å². The van der Waals surface area contributed by atoms with Crippen molar-refractivity contribution in [2.75, 3.05) is 32.1 Å². The number of likely N-dealkylation sites (N-methyl/N-ethyl adjacent to an activating group) is 1. The Labute approximate surface area is 231 Å². The molecule has 11 heteroatoms. The summed E-state index contributed by atoms with van der Waals surface area (Å²) in [6, 6.07) is 10.9. The predicted molar refractivity (Wildman–Crippen MR) is 150 cm³/mol. The lowest BCUT2D eigenvalue weighted by molar-refractivity contribution is -0.134. The van der Waals surface area contributed by atoms with Gasteiger partial charge in [-0.05, 0) is 58.0 Å². The second kappa shape index (κ2) is 12.8. The Morgan fingerprint density at radius 1 is 1.18 bits per heavy atom. The fourth-order valence-electron chi connectivity index (χ4n) is 4.40. The lowest BCUT2D eigenvalue weighted by Crippen LogP contribution is -2.48. The number of anilines is 1. The molecule has 1 aliphatic rings. The number of nitrogens with zero attached hydrogens (tertiary/aromatic N) is 2. The maximum absolute atomic E-state index is 13.4. The molecule has 0 radical (unpaired) electrons. The smallest absolute Gasteiger partial charge is 0.319 e. The number of aliphatic hydroxyl groups is 1. The average molecular weight is 561 g/mol. The van der Waals surface area contributed by atoms with Crippen molar-refractivity contribution in [3.63, 3.8) is 0 Å². The molecule has 0 unspecified atom stereocenters. The van der Waals surface area contributed by atoms with Crippen molar-refractivity contribution in [1.82, 2.24) is 14.5 Å². The molecular weight excluding hydrogens is 520 g/mol. The van der Waals surface area contributed by atoms with Crippen LogP contribution in [0.4, 0.5) is 10.5 Å². The summed E-state index contributed by atoms with van der Waals surface area (Å²) in [7, 11) is -2.27. The number of fused-ring (bicyclic) bond motifs is 1. The molecule has 2 aromatic rings. The highest BCUT2D eigenvalue weighted by atomic mass is 32.2. The number of amides is 3. The predicted octanol–water partition coefficient (Wildman–Crippen LogP) is 2.99. The third kappa shape index (κ3) is 7.71. The first-order chi connectivity index (χ1) is 18.3. The number of carbonyl (C=O) groups excluding carboxylic acids is 2. The van der Waals surface area contributed by atoms with Gasteiger partial charge in [-0.15, -0.1) is 0 Å². The fraction of sp³-hybridized carbons (Fsp3) is 0.500. The Balaban J connectivity index is 1.95. The van der Waals surface area contributed by atoms with Gasteiger partial charge >= 0.3 is 6.03 Å². The van der Waals surface area contributed by atoms with Crippen molar-refractivity contribution in [3.8, 4) is 5.75 Å².